The number of pyridine rings is 1. The molecule has 1 aromatic heterocycles. The van der Waals surface area contributed by atoms with Crippen LogP contribution in [0.3, 0.4) is 0 Å². The fourth-order valence-corrected chi connectivity index (χ4v) is 1.74. The number of hydrogen-bond acceptors (Lipinski definition) is 4. The van der Waals surface area contributed by atoms with E-state index in [4.69, 9.17) is 5.73 Å². The monoisotopic (exact) mass is 251 g/mol. The Morgan fingerprint density at radius 2 is 2.11 bits per heavy atom. The Labute approximate surface area is 105 Å². The van der Waals surface area contributed by atoms with E-state index in [9.17, 15) is 14.7 Å². The van der Waals surface area contributed by atoms with Gasteiger partial charge in [-0.3, -0.25) is 9.78 Å². The minimum absolute atomic E-state index is 0.118. The van der Waals surface area contributed by atoms with Gasteiger partial charge in [-0.05, 0) is 32.9 Å². The molecular weight excluding hydrogens is 234 g/mol. The zero-order valence-electron chi connectivity index (χ0n) is 10.7. The van der Waals surface area contributed by atoms with Gasteiger partial charge in [0.1, 0.15) is 11.2 Å². The van der Waals surface area contributed by atoms with E-state index < -0.39 is 17.4 Å². The van der Waals surface area contributed by atoms with Crippen LogP contribution in [-0.2, 0) is 4.79 Å². The molecule has 3 N–H and O–H groups in total. The summed E-state index contributed by atoms with van der Waals surface area (Å²) in [4.78, 5) is 27.8. The minimum Gasteiger partial charge on any atom is -0.480 e. The summed E-state index contributed by atoms with van der Waals surface area (Å²) in [5.41, 5.74) is 4.80. The summed E-state index contributed by atoms with van der Waals surface area (Å²) in [6.07, 6.45) is 1.44. The van der Waals surface area contributed by atoms with E-state index in [1.54, 1.807) is 24.8 Å². The van der Waals surface area contributed by atoms with Crippen molar-refractivity contribution in [1.82, 2.24) is 4.98 Å². The molecule has 18 heavy (non-hydrogen) atoms. The number of carbonyl (C=O) groups is 2. The van der Waals surface area contributed by atoms with Gasteiger partial charge in [-0.15, -0.1) is 0 Å². The molecule has 1 amide bonds. The molecule has 0 spiro atoms. The molecule has 0 atom stereocenters. The van der Waals surface area contributed by atoms with E-state index in [2.05, 4.69) is 4.98 Å². The second kappa shape index (κ2) is 5.03. The van der Waals surface area contributed by atoms with Gasteiger partial charge in [0.2, 0.25) is 0 Å². The van der Waals surface area contributed by atoms with Crippen molar-refractivity contribution >= 4 is 17.6 Å². The first-order valence-electron chi connectivity index (χ1n) is 5.57. The summed E-state index contributed by atoms with van der Waals surface area (Å²) in [6.45, 7) is 5.53. The average molecular weight is 251 g/mol. The fourth-order valence-electron chi connectivity index (χ4n) is 1.74. The van der Waals surface area contributed by atoms with E-state index in [1.165, 1.54) is 12.3 Å². The fraction of sp³-hybridized carbons (Fsp3) is 0.417. The number of anilines is 1. The van der Waals surface area contributed by atoms with Gasteiger partial charge >= 0.3 is 5.97 Å². The number of aromatic nitrogens is 1. The van der Waals surface area contributed by atoms with Gasteiger partial charge in [0.15, 0.2) is 0 Å². The quantitative estimate of drug-likeness (QED) is 0.809. The molecule has 0 aromatic carbocycles. The molecule has 0 aliphatic carbocycles. The molecule has 6 heteroatoms. The Bertz CT molecular complexity index is 471. The number of hydrogen-bond donors (Lipinski definition) is 2. The third-order valence-electron chi connectivity index (χ3n) is 2.82. The molecule has 0 aliphatic rings. The molecule has 6 nitrogen and oxygen atoms in total. The highest BCUT2D eigenvalue weighted by Gasteiger charge is 2.34. The Morgan fingerprint density at radius 3 is 2.56 bits per heavy atom. The maximum atomic E-state index is 11.3. The molecule has 0 radical (unpaired) electrons. The summed E-state index contributed by atoms with van der Waals surface area (Å²) >= 11 is 0. The Hall–Kier alpha value is -2.11. The Balaban J connectivity index is 3.21. The Morgan fingerprint density at radius 1 is 1.50 bits per heavy atom. The van der Waals surface area contributed by atoms with Crippen LogP contribution in [0, 0.1) is 0 Å². The predicted octanol–water partition coefficient (Wildman–Crippen LogP) is 0.870. The number of rotatable bonds is 5. The van der Waals surface area contributed by atoms with E-state index in [0.29, 0.717) is 12.2 Å². The van der Waals surface area contributed by atoms with Crippen LogP contribution >= 0.6 is 0 Å². The molecule has 0 bridgehead atoms. The van der Waals surface area contributed by atoms with Gasteiger partial charge in [-0.25, -0.2) is 4.79 Å². The predicted molar refractivity (Wildman–Crippen MR) is 67.5 cm³/mol. The van der Waals surface area contributed by atoms with Crippen molar-refractivity contribution in [3.05, 3.63) is 24.0 Å². The van der Waals surface area contributed by atoms with Crippen molar-refractivity contribution in [3.63, 3.8) is 0 Å². The standard InChI is InChI=1S/C12H17N3O3/c1-4-15(12(2,3)11(17)18)8-5-6-14-9(7-8)10(13)16/h5-7H,4H2,1-3H3,(H2,13,16)(H,17,18). The van der Waals surface area contributed by atoms with Gasteiger partial charge < -0.3 is 15.7 Å². The lowest BCUT2D eigenvalue weighted by atomic mass is 10.0. The molecule has 0 saturated heterocycles. The van der Waals surface area contributed by atoms with Gasteiger partial charge in [0.05, 0.1) is 0 Å². The normalized spacial score (nSPS) is 11.1. The zero-order chi connectivity index (χ0) is 13.9. The van der Waals surface area contributed by atoms with Gasteiger partial charge in [0, 0.05) is 18.4 Å². The van der Waals surface area contributed by atoms with Crippen molar-refractivity contribution in [3.8, 4) is 0 Å². The van der Waals surface area contributed by atoms with Gasteiger partial charge in [-0.1, -0.05) is 0 Å². The topological polar surface area (TPSA) is 96.5 Å². The number of likely N-dealkylation sites (N-methyl/N-ethyl adjacent to an activating group) is 1. The van der Waals surface area contributed by atoms with Gasteiger partial charge in [-0.2, -0.15) is 0 Å². The third kappa shape index (κ3) is 2.58. The van der Waals surface area contributed by atoms with E-state index in [1.807, 2.05) is 6.92 Å². The largest absolute Gasteiger partial charge is 0.480 e. The van der Waals surface area contributed by atoms with Crippen molar-refractivity contribution in [2.75, 3.05) is 11.4 Å². The first-order valence-corrected chi connectivity index (χ1v) is 5.57. The van der Waals surface area contributed by atoms with Crippen LogP contribution in [0.2, 0.25) is 0 Å². The van der Waals surface area contributed by atoms with Crippen molar-refractivity contribution in [1.29, 1.82) is 0 Å². The number of nitrogens with two attached hydrogens (primary N) is 1. The summed E-state index contributed by atoms with van der Waals surface area (Å²) < 4.78 is 0. The average Bonchev–Trinajstić information content (AvgIpc) is 2.29. The Kier molecular flexibility index (Phi) is 3.90. The molecule has 98 valence electrons. The van der Waals surface area contributed by atoms with Crippen molar-refractivity contribution in [2.24, 2.45) is 5.73 Å². The molecule has 0 aliphatic heterocycles. The lowest BCUT2D eigenvalue weighted by Gasteiger charge is -2.36. The van der Waals surface area contributed by atoms with E-state index in [0.717, 1.165) is 0 Å². The lowest BCUT2D eigenvalue weighted by molar-refractivity contribution is -0.142. The summed E-state index contributed by atoms with van der Waals surface area (Å²) in [6, 6.07) is 3.15. The maximum Gasteiger partial charge on any atom is 0.328 e. The SMILES string of the molecule is CCN(c1ccnc(C(N)=O)c1)C(C)(C)C(=O)O. The molecule has 0 unspecified atom stereocenters. The van der Waals surface area contributed by atoms with Crippen LogP contribution in [0.5, 0.6) is 0 Å². The number of aliphatic carboxylic acids is 1. The smallest absolute Gasteiger partial charge is 0.328 e. The molecule has 0 fully saturated rings. The molecule has 0 saturated carbocycles. The van der Waals surface area contributed by atoms with E-state index in [-0.39, 0.29) is 5.69 Å². The summed E-state index contributed by atoms with van der Waals surface area (Å²) in [7, 11) is 0. The zero-order valence-corrected chi connectivity index (χ0v) is 10.7. The van der Waals surface area contributed by atoms with Crippen LogP contribution < -0.4 is 10.6 Å². The number of amides is 1. The minimum atomic E-state index is -1.08. The number of nitrogens with zero attached hydrogens (tertiary/aromatic N) is 2. The second-order valence-corrected chi connectivity index (χ2v) is 4.37. The van der Waals surface area contributed by atoms with Crippen LogP contribution in [0.4, 0.5) is 5.69 Å². The highest BCUT2D eigenvalue weighted by Crippen LogP contribution is 2.24. The third-order valence-corrected chi connectivity index (χ3v) is 2.82. The first kappa shape index (κ1) is 14.0. The summed E-state index contributed by atoms with van der Waals surface area (Å²) in [5.74, 6) is -1.58. The molecule has 1 rings (SSSR count). The highest BCUT2D eigenvalue weighted by atomic mass is 16.4. The summed E-state index contributed by atoms with van der Waals surface area (Å²) in [5, 5.41) is 9.23. The first-order chi connectivity index (χ1) is 8.30. The lowest BCUT2D eigenvalue weighted by Crippen LogP contribution is -2.50. The van der Waals surface area contributed by atoms with Crippen molar-refractivity contribution < 1.29 is 14.7 Å². The highest BCUT2D eigenvalue weighted by molar-refractivity contribution is 5.92. The number of carbonyl (C=O) groups excluding carboxylic acids is 1. The van der Waals surface area contributed by atoms with Crippen LogP contribution in [-0.4, -0.2) is 34.1 Å². The molecule has 1 aromatic rings. The number of primary amides is 1. The van der Waals surface area contributed by atoms with E-state index >= 15 is 0 Å². The number of carboxylic acids is 1. The van der Waals surface area contributed by atoms with Crippen LogP contribution in [0.1, 0.15) is 31.3 Å². The maximum absolute atomic E-state index is 11.3. The van der Waals surface area contributed by atoms with Crippen molar-refractivity contribution in [2.45, 2.75) is 26.3 Å². The van der Waals surface area contributed by atoms with Crippen LogP contribution in [0.25, 0.3) is 0 Å². The number of carboxylic acid groups (broad SMARTS) is 1. The second-order valence-electron chi connectivity index (χ2n) is 4.37. The molecular formula is C12H17N3O3. The van der Waals surface area contributed by atoms with Crippen LogP contribution in [0.15, 0.2) is 18.3 Å². The molecule has 1 heterocycles. The van der Waals surface area contributed by atoms with Gasteiger partial charge in [0.25, 0.3) is 5.91 Å².